The number of aromatic nitrogens is 1. The van der Waals surface area contributed by atoms with Crippen LogP contribution in [0.1, 0.15) is 33.9 Å². The molecular formula is C14H15FN2O2S. The summed E-state index contributed by atoms with van der Waals surface area (Å²) in [5, 5.41) is 3.67. The van der Waals surface area contributed by atoms with E-state index in [9.17, 15) is 9.18 Å². The Morgan fingerprint density at radius 2 is 2.15 bits per heavy atom. The summed E-state index contributed by atoms with van der Waals surface area (Å²) in [6.45, 7) is 3.63. The molecule has 0 saturated carbocycles. The van der Waals surface area contributed by atoms with Crippen LogP contribution in [0.2, 0.25) is 0 Å². The van der Waals surface area contributed by atoms with Gasteiger partial charge in [0.15, 0.2) is 10.8 Å². The SMILES string of the molecule is COC(=O)c1nc(NC(C)c2ccccc2F)sc1C. The molecular weight excluding hydrogens is 279 g/mol. The van der Waals surface area contributed by atoms with Gasteiger partial charge in [-0.3, -0.25) is 0 Å². The van der Waals surface area contributed by atoms with Crippen molar-refractivity contribution in [1.29, 1.82) is 0 Å². The number of halogens is 1. The molecule has 0 amide bonds. The number of ether oxygens (including phenoxy) is 1. The Kier molecular flexibility index (Phi) is 4.34. The zero-order chi connectivity index (χ0) is 14.7. The van der Waals surface area contributed by atoms with Gasteiger partial charge in [0.05, 0.1) is 13.2 Å². The van der Waals surface area contributed by atoms with Crippen LogP contribution in [-0.2, 0) is 4.74 Å². The zero-order valence-corrected chi connectivity index (χ0v) is 12.3. The lowest BCUT2D eigenvalue weighted by molar-refractivity contribution is 0.0594. The molecule has 0 bridgehead atoms. The number of benzene rings is 1. The number of esters is 1. The minimum atomic E-state index is -0.467. The number of anilines is 1. The number of carbonyl (C=O) groups is 1. The first-order chi connectivity index (χ1) is 9.52. The maximum absolute atomic E-state index is 13.7. The van der Waals surface area contributed by atoms with Gasteiger partial charge < -0.3 is 10.1 Å². The number of hydrogen-bond donors (Lipinski definition) is 1. The van der Waals surface area contributed by atoms with E-state index in [2.05, 4.69) is 15.0 Å². The van der Waals surface area contributed by atoms with Crippen LogP contribution in [0, 0.1) is 12.7 Å². The fourth-order valence-corrected chi connectivity index (χ4v) is 2.72. The largest absolute Gasteiger partial charge is 0.464 e. The highest BCUT2D eigenvalue weighted by Gasteiger charge is 2.18. The standard InChI is InChI=1S/C14H15FN2O2S/c1-8(10-6-4-5-7-11(10)15)16-14-17-12(9(2)20-14)13(18)19-3/h4-8H,1-3H3,(H,16,17). The molecule has 20 heavy (non-hydrogen) atoms. The predicted molar refractivity (Wildman–Crippen MR) is 76.6 cm³/mol. The number of hydrogen-bond acceptors (Lipinski definition) is 5. The van der Waals surface area contributed by atoms with Gasteiger partial charge in [-0.15, -0.1) is 11.3 Å². The fourth-order valence-electron chi connectivity index (χ4n) is 1.83. The first-order valence-electron chi connectivity index (χ1n) is 6.09. The molecule has 0 aliphatic rings. The fraction of sp³-hybridized carbons (Fsp3) is 0.286. The lowest BCUT2D eigenvalue weighted by Crippen LogP contribution is -2.09. The van der Waals surface area contributed by atoms with Crippen molar-refractivity contribution in [3.8, 4) is 0 Å². The highest BCUT2D eigenvalue weighted by atomic mass is 32.1. The van der Waals surface area contributed by atoms with E-state index in [0.717, 1.165) is 4.88 Å². The smallest absolute Gasteiger partial charge is 0.357 e. The van der Waals surface area contributed by atoms with Gasteiger partial charge in [-0.1, -0.05) is 18.2 Å². The molecule has 0 fully saturated rings. The number of nitrogens with one attached hydrogen (secondary N) is 1. The molecule has 0 aliphatic heterocycles. The second kappa shape index (κ2) is 6.00. The van der Waals surface area contributed by atoms with Gasteiger partial charge >= 0.3 is 5.97 Å². The van der Waals surface area contributed by atoms with Crippen molar-refractivity contribution in [2.45, 2.75) is 19.9 Å². The third-order valence-corrected chi connectivity index (χ3v) is 3.79. The van der Waals surface area contributed by atoms with Crippen molar-refractivity contribution in [3.05, 3.63) is 46.2 Å². The Labute approximate surface area is 120 Å². The van der Waals surface area contributed by atoms with E-state index in [1.54, 1.807) is 25.1 Å². The average Bonchev–Trinajstić information content (AvgIpc) is 2.79. The van der Waals surface area contributed by atoms with Gasteiger partial charge in [-0.25, -0.2) is 14.2 Å². The summed E-state index contributed by atoms with van der Waals surface area (Å²) in [6.07, 6.45) is 0. The molecule has 106 valence electrons. The monoisotopic (exact) mass is 294 g/mol. The molecule has 2 rings (SSSR count). The molecule has 1 aromatic carbocycles. The van der Waals surface area contributed by atoms with E-state index in [4.69, 9.17) is 0 Å². The second-order valence-electron chi connectivity index (χ2n) is 4.30. The van der Waals surface area contributed by atoms with Crippen molar-refractivity contribution in [1.82, 2.24) is 4.98 Å². The van der Waals surface area contributed by atoms with Gasteiger partial charge in [0.2, 0.25) is 0 Å². The second-order valence-corrected chi connectivity index (χ2v) is 5.51. The molecule has 6 heteroatoms. The summed E-state index contributed by atoms with van der Waals surface area (Å²) >= 11 is 1.34. The summed E-state index contributed by atoms with van der Waals surface area (Å²) in [5.74, 6) is -0.737. The van der Waals surface area contributed by atoms with Crippen LogP contribution in [0.15, 0.2) is 24.3 Å². The van der Waals surface area contributed by atoms with Crippen LogP contribution in [0.4, 0.5) is 9.52 Å². The summed E-state index contributed by atoms with van der Waals surface area (Å²) in [5.41, 5.74) is 0.848. The topological polar surface area (TPSA) is 51.2 Å². The molecule has 1 aromatic heterocycles. The minimum Gasteiger partial charge on any atom is -0.464 e. The van der Waals surface area contributed by atoms with Crippen molar-refractivity contribution >= 4 is 22.4 Å². The molecule has 0 saturated heterocycles. The highest BCUT2D eigenvalue weighted by molar-refractivity contribution is 7.15. The first kappa shape index (κ1) is 14.5. The number of methoxy groups -OCH3 is 1. The number of carbonyl (C=O) groups excluding carboxylic acids is 1. The molecule has 2 aromatic rings. The van der Waals surface area contributed by atoms with E-state index >= 15 is 0 Å². The van der Waals surface area contributed by atoms with E-state index in [-0.39, 0.29) is 11.9 Å². The van der Waals surface area contributed by atoms with Crippen molar-refractivity contribution < 1.29 is 13.9 Å². The van der Waals surface area contributed by atoms with Crippen molar-refractivity contribution in [2.24, 2.45) is 0 Å². The van der Waals surface area contributed by atoms with Crippen molar-refractivity contribution in [2.75, 3.05) is 12.4 Å². The Bertz CT molecular complexity index is 627. The third-order valence-electron chi connectivity index (χ3n) is 2.89. The Morgan fingerprint density at radius 1 is 1.45 bits per heavy atom. The van der Waals surface area contributed by atoms with Crippen LogP contribution in [-0.4, -0.2) is 18.1 Å². The summed E-state index contributed by atoms with van der Waals surface area (Å²) < 4.78 is 18.3. The molecule has 1 atom stereocenters. The lowest BCUT2D eigenvalue weighted by Gasteiger charge is -2.13. The molecule has 0 radical (unpaired) electrons. The quantitative estimate of drug-likeness (QED) is 0.876. The van der Waals surface area contributed by atoms with E-state index in [1.807, 2.05) is 6.92 Å². The van der Waals surface area contributed by atoms with Gasteiger partial charge in [0, 0.05) is 10.4 Å². The van der Waals surface area contributed by atoms with Gasteiger partial charge in [-0.2, -0.15) is 0 Å². The van der Waals surface area contributed by atoms with E-state index in [0.29, 0.717) is 16.4 Å². The molecule has 1 heterocycles. The average molecular weight is 294 g/mol. The van der Waals surface area contributed by atoms with E-state index < -0.39 is 5.97 Å². The minimum absolute atomic E-state index is 0.243. The van der Waals surface area contributed by atoms with Gasteiger partial charge in [0.25, 0.3) is 0 Å². The van der Waals surface area contributed by atoms with Crippen LogP contribution in [0.25, 0.3) is 0 Å². The normalized spacial score (nSPS) is 12.0. The number of rotatable bonds is 4. The third kappa shape index (κ3) is 2.96. The summed E-state index contributed by atoms with van der Waals surface area (Å²) in [6, 6.07) is 6.32. The lowest BCUT2D eigenvalue weighted by atomic mass is 10.1. The number of aryl methyl sites for hydroxylation is 1. The number of nitrogens with zero attached hydrogens (tertiary/aromatic N) is 1. The summed E-state index contributed by atoms with van der Waals surface area (Å²) in [4.78, 5) is 16.4. The number of thiazole rings is 1. The maximum atomic E-state index is 13.7. The molecule has 4 nitrogen and oxygen atoms in total. The molecule has 1 N–H and O–H groups in total. The van der Waals surface area contributed by atoms with Crippen LogP contribution in [0.5, 0.6) is 0 Å². The van der Waals surface area contributed by atoms with Crippen LogP contribution < -0.4 is 5.32 Å². The van der Waals surface area contributed by atoms with Crippen LogP contribution in [0.3, 0.4) is 0 Å². The predicted octanol–water partition coefficient (Wildman–Crippen LogP) is 3.55. The van der Waals surface area contributed by atoms with Gasteiger partial charge in [-0.05, 0) is 19.9 Å². The molecule has 0 spiro atoms. The Balaban J connectivity index is 2.18. The Morgan fingerprint density at radius 3 is 2.80 bits per heavy atom. The van der Waals surface area contributed by atoms with Crippen molar-refractivity contribution in [3.63, 3.8) is 0 Å². The molecule has 1 unspecified atom stereocenters. The Hall–Kier alpha value is -1.95. The van der Waals surface area contributed by atoms with Crippen LogP contribution >= 0.6 is 11.3 Å². The zero-order valence-electron chi connectivity index (χ0n) is 11.4. The first-order valence-corrected chi connectivity index (χ1v) is 6.91. The van der Waals surface area contributed by atoms with Gasteiger partial charge in [0.1, 0.15) is 5.82 Å². The van der Waals surface area contributed by atoms with E-state index in [1.165, 1.54) is 24.5 Å². The highest BCUT2D eigenvalue weighted by Crippen LogP contribution is 2.27. The summed E-state index contributed by atoms with van der Waals surface area (Å²) in [7, 11) is 1.32. The molecule has 0 aliphatic carbocycles. The maximum Gasteiger partial charge on any atom is 0.357 e.